The van der Waals surface area contributed by atoms with Crippen molar-refractivity contribution in [3.05, 3.63) is 65.9 Å². The molecule has 0 unspecified atom stereocenters. The van der Waals surface area contributed by atoms with Gasteiger partial charge in [-0.15, -0.1) is 0 Å². The van der Waals surface area contributed by atoms with Crippen molar-refractivity contribution in [2.45, 2.75) is 20.4 Å². The average molecular weight is 279 g/mol. The topological polar surface area (TPSA) is 55.6 Å². The van der Waals surface area contributed by atoms with Gasteiger partial charge in [0.1, 0.15) is 12.1 Å². The van der Waals surface area contributed by atoms with Crippen LogP contribution < -0.4 is 5.32 Å². The maximum atomic E-state index is 4.59. The minimum absolute atomic E-state index is 0.631. The molecule has 1 N–H and O–H groups in total. The number of benzene rings is 1. The molecule has 106 valence electrons. The molecule has 5 nitrogen and oxygen atoms in total. The van der Waals surface area contributed by atoms with Crippen LogP contribution in [0.5, 0.6) is 0 Å². The summed E-state index contributed by atoms with van der Waals surface area (Å²) < 4.78 is 1.81. The summed E-state index contributed by atoms with van der Waals surface area (Å²) in [6.45, 7) is 4.76. The number of hydrogen-bond donors (Lipinski definition) is 1. The molecule has 5 heteroatoms. The summed E-state index contributed by atoms with van der Waals surface area (Å²) in [7, 11) is 0. The molecule has 21 heavy (non-hydrogen) atoms. The molecule has 2 heterocycles. The molecule has 3 rings (SSSR count). The summed E-state index contributed by atoms with van der Waals surface area (Å²) in [5.74, 6) is 1.49. The van der Waals surface area contributed by atoms with Gasteiger partial charge in [-0.05, 0) is 19.4 Å². The van der Waals surface area contributed by atoms with Gasteiger partial charge in [0.15, 0.2) is 0 Å². The first kappa shape index (κ1) is 13.3. The van der Waals surface area contributed by atoms with Gasteiger partial charge in [0, 0.05) is 30.2 Å². The van der Waals surface area contributed by atoms with Gasteiger partial charge in [0.25, 0.3) is 0 Å². The van der Waals surface area contributed by atoms with E-state index in [4.69, 9.17) is 0 Å². The molecular weight excluding hydrogens is 262 g/mol. The molecule has 2 aromatic heterocycles. The molecular formula is C16H17N5. The fraction of sp³-hybridized carbons (Fsp3) is 0.188. The monoisotopic (exact) mass is 279 g/mol. The van der Waals surface area contributed by atoms with E-state index in [9.17, 15) is 0 Å². The fourth-order valence-corrected chi connectivity index (χ4v) is 2.06. The van der Waals surface area contributed by atoms with Crippen LogP contribution in [0.4, 0.5) is 5.82 Å². The summed E-state index contributed by atoms with van der Waals surface area (Å²) in [4.78, 5) is 13.1. The molecule has 0 bridgehead atoms. The Hall–Kier alpha value is -2.69. The molecule has 0 saturated heterocycles. The van der Waals surface area contributed by atoms with Crippen LogP contribution in [0.1, 0.15) is 16.8 Å². The molecule has 0 aliphatic carbocycles. The predicted octanol–water partition coefficient (Wildman–Crippen LogP) is 2.89. The lowest BCUT2D eigenvalue weighted by Crippen LogP contribution is -2.09. The second-order valence-corrected chi connectivity index (χ2v) is 4.89. The van der Waals surface area contributed by atoms with Gasteiger partial charge < -0.3 is 5.32 Å². The lowest BCUT2D eigenvalue weighted by atomic mass is 10.2. The summed E-state index contributed by atoms with van der Waals surface area (Å²) in [5, 5.41) is 3.39. The zero-order valence-corrected chi connectivity index (χ0v) is 12.1. The smallest absolute Gasteiger partial charge is 0.237 e. The van der Waals surface area contributed by atoms with Gasteiger partial charge >= 0.3 is 0 Å². The first-order valence-corrected chi connectivity index (χ1v) is 6.85. The number of nitrogens with zero attached hydrogens (tertiary/aromatic N) is 4. The summed E-state index contributed by atoms with van der Waals surface area (Å²) in [6, 6.07) is 10.3. The Morgan fingerprint density at radius 3 is 2.62 bits per heavy atom. The van der Waals surface area contributed by atoms with Crippen LogP contribution in [0.15, 0.2) is 49.1 Å². The third-order valence-corrected chi connectivity index (χ3v) is 3.42. The Labute approximate surface area is 123 Å². The molecule has 0 saturated carbocycles. The molecule has 0 fully saturated rings. The van der Waals surface area contributed by atoms with Gasteiger partial charge in [0.2, 0.25) is 5.95 Å². The number of nitrogens with one attached hydrogen (secondary N) is 1. The Balaban J connectivity index is 1.87. The Kier molecular flexibility index (Phi) is 3.64. The van der Waals surface area contributed by atoms with E-state index in [1.165, 1.54) is 5.56 Å². The molecule has 0 aliphatic heterocycles. The van der Waals surface area contributed by atoms with Gasteiger partial charge in [0.05, 0.1) is 0 Å². The number of anilines is 1. The standard InChI is InChI=1S/C16H17N5/c1-12-13(2)19-16(21-9-8-17-11-21)20-15(12)18-10-14-6-4-3-5-7-14/h3-9,11H,10H2,1-2H3,(H,18,19,20). The van der Waals surface area contributed by atoms with E-state index in [0.717, 1.165) is 23.6 Å². The third kappa shape index (κ3) is 2.91. The first-order chi connectivity index (χ1) is 10.2. The van der Waals surface area contributed by atoms with Crippen LogP contribution in [-0.4, -0.2) is 19.5 Å². The highest BCUT2D eigenvalue weighted by Gasteiger charge is 2.09. The molecule has 1 aromatic carbocycles. The van der Waals surface area contributed by atoms with Crippen molar-refractivity contribution in [3.63, 3.8) is 0 Å². The van der Waals surface area contributed by atoms with Crippen LogP contribution in [0.2, 0.25) is 0 Å². The van der Waals surface area contributed by atoms with E-state index in [1.807, 2.05) is 38.2 Å². The van der Waals surface area contributed by atoms with Crippen LogP contribution in [0, 0.1) is 13.8 Å². The molecule has 0 aliphatic rings. The zero-order valence-electron chi connectivity index (χ0n) is 12.1. The first-order valence-electron chi connectivity index (χ1n) is 6.85. The van der Waals surface area contributed by atoms with E-state index in [0.29, 0.717) is 5.95 Å². The van der Waals surface area contributed by atoms with Crippen molar-refractivity contribution >= 4 is 5.82 Å². The number of rotatable bonds is 4. The number of aryl methyl sites for hydroxylation is 1. The minimum Gasteiger partial charge on any atom is -0.366 e. The predicted molar refractivity (Wildman–Crippen MR) is 82.4 cm³/mol. The van der Waals surface area contributed by atoms with Crippen molar-refractivity contribution in [2.75, 3.05) is 5.32 Å². The number of imidazole rings is 1. The van der Waals surface area contributed by atoms with Crippen molar-refractivity contribution < 1.29 is 0 Å². The Morgan fingerprint density at radius 1 is 1.10 bits per heavy atom. The van der Waals surface area contributed by atoms with Crippen molar-refractivity contribution in [1.82, 2.24) is 19.5 Å². The molecule has 0 spiro atoms. The Morgan fingerprint density at radius 2 is 1.90 bits per heavy atom. The van der Waals surface area contributed by atoms with Crippen LogP contribution >= 0.6 is 0 Å². The van der Waals surface area contributed by atoms with E-state index >= 15 is 0 Å². The van der Waals surface area contributed by atoms with Crippen molar-refractivity contribution in [1.29, 1.82) is 0 Å². The zero-order chi connectivity index (χ0) is 14.7. The number of hydrogen-bond acceptors (Lipinski definition) is 4. The minimum atomic E-state index is 0.631. The summed E-state index contributed by atoms with van der Waals surface area (Å²) in [5.41, 5.74) is 3.25. The second kappa shape index (κ2) is 5.75. The van der Waals surface area contributed by atoms with Gasteiger partial charge in [-0.25, -0.2) is 9.97 Å². The van der Waals surface area contributed by atoms with Gasteiger partial charge in [-0.1, -0.05) is 30.3 Å². The highest BCUT2D eigenvalue weighted by atomic mass is 15.2. The average Bonchev–Trinajstić information content (AvgIpc) is 3.04. The third-order valence-electron chi connectivity index (χ3n) is 3.42. The summed E-state index contributed by atoms with van der Waals surface area (Å²) >= 11 is 0. The van der Waals surface area contributed by atoms with E-state index in [2.05, 4.69) is 32.4 Å². The van der Waals surface area contributed by atoms with E-state index in [1.54, 1.807) is 17.1 Å². The highest BCUT2D eigenvalue weighted by Crippen LogP contribution is 2.17. The molecule has 3 aromatic rings. The largest absolute Gasteiger partial charge is 0.366 e. The van der Waals surface area contributed by atoms with Crippen molar-refractivity contribution in [3.8, 4) is 5.95 Å². The van der Waals surface area contributed by atoms with Crippen molar-refractivity contribution in [2.24, 2.45) is 0 Å². The SMILES string of the molecule is Cc1nc(-n2ccnc2)nc(NCc2ccccc2)c1C. The fourth-order valence-electron chi connectivity index (χ4n) is 2.06. The highest BCUT2D eigenvalue weighted by molar-refractivity contribution is 5.47. The molecule has 0 amide bonds. The van der Waals surface area contributed by atoms with Crippen LogP contribution in [-0.2, 0) is 6.54 Å². The Bertz CT molecular complexity index is 720. The number of aromatic nitrogens is 4. The molecule has 0 radical (unpaired) electrons. The second-order valence-electron chi connectivity index (χ2n) is 4.89. The van der Waals surface area contributed by atoms with Crippen LogP contribution in [0.25, 0.3) is 5.95 Å². The van der Waals surface area contributed by atoms with E-state index in [-0.39, 0.29) is 0 Å². The summed E-state index contributed by atoms with van der Waals surface area (Å²) in [6.07, 6.45) is 5.26. The maximum Gasteiger partial charge on any atom is 0.237 e. The van der Waals surface area contributed by atoms with E-state index < -0.39 is 0 Å². The van der Waals surface area contributed by atoms with Crippen LogP contribution in [0.3, 0.4) is 0 Å². The quantitative estimate of drug-likeness (QED) is 0.798. The lowest BCUT2D eigenvalue weighted by molar-refractivity contribution is 0.895. The lowest BCUT2D eigenvalue weighted by Gasteiger charge is -2.12. The normalized spacial score (nSPS) is 10.6. The molecule has 0 atom stereocenters. The van der Waals surface area contributed by atoms with Gasteiger partial charge in [-0.3, -0.25) is 4.57 Å². The maximum absolute atomic E-state index is 4.59. The van der Waals surface area contributed by atoms with Gasteiger partial charge in [-0.2, -0.15) is 4.98 Å².